The van der Waals surface area contributed by atoms with E-state index in [-0.39, 0.29) is 0 Å². The third-order valence-corrected chi connectivity index (χ3v) is 1.84. The molecule has 0 aliphatic heterocycles. The minimum Gasteiger partial charge on any atom is -0.484 e. The highest BCUT2D eigenvalue weighted by Gasteiger charge is 1.88. The van der Waals surface area contributed by atoms with Crippen molar-refractivity contribution in [1.82, 2.24) is 4.98 Å². The largest absolute Gasteiger partial charge is 0.484 e. The van der Waals surface area contributed by atoms with Gasteiger partial charge < -0.3 is 4.98 Å². The fraction of sp³-hybridized carbons (Fsp3) is 0.0909. The Morgan fingerprint density at radius 2 is 1.92 bits per heavy atom. The predicted molar refractivity (Wildman–Crippen MR) is 48.9 cm³/mol. The average Bonchev–Trinajstić information content (AvgIpc) is 2.59. The Morgan fingerprint density at radius 1 is 1.08 bits per heavy atom. The van der Waals surface area contributed by atoms with Crippen LogP contribution in [0.1, 0.15) is 11.1 Å². The van der Waals surface area contributed by atoms with Crippen LogP contribution in [0.2, 0.25) is 0 Å². The molecular weight excluding hydrogens is 146 g/mol. The summed E-state index contributed by atoms with van der Waals surface area (Å²) in [6, 6.07) is 12.4. The summed E-state index contributed by atoms with van der Waals surface area (Å²) in [5, 5.41) is 0. The van der Waals surface area contributed by atoms with Gasteiger partial charge in [-0.05, 0) is 12.0 Å². The second-order valence-corrected chi connectivity index (χ2v) is 2.79. The molecule has 1 heterocycles. The Labute approximate surface area is 72.1 Å². The van der Waals surface area contributed by atoms with E-state index < -0.39 is 0 Å². The van der Waals surface area contributed by atoms with Crippen LogP contribution in [-0.4, -0.2) is 4.98 Å². The Bertz CT molecular complexity index is 321. The van der Waals surface area contributed by atoms with E-state index >= 15 is 0 Å². The molecule has 0 fully saturated rings. The molecule has 2 rings (SSSR count). The zero-order valence-corrected chi connectivity index (χ0v) is 6.75. The molecule has 1 aromatic carbocycles. The van der Waals surface area contributed by atoms with Crippen LogP contribution < -0.4 is 0 Å². The van der Waals surface area contributed by atoms with Gasteiger partial charge in [-0.2, -0.15) is 17.8 Å². The van der Waals surface area contributed by atoms with Crippen LogP contribution in [0.4, 0.5) is 0 Å². The number of aromatic amines is 1. The lowest BCUT2D eigenvalue weighted by Gasteiger charge is -2.00. The van der Waals surface area contributed by atoms with Gasteiger partial charge in [0.15, 0.2) is 0 Å². The second kappa shape index (κ2) is 3.26. The highest BCUT2D eigenvalue weighted by Crippen LogP contribution is 2.06. The molecule has 1 aromatic heterocycles. The van der Waals surface area contributed by atoms with E-state index in [1.165, 1.54) is 11.1 Å². The molecule has 0 radical (unpaired) electrons. The summed E-state index contributed by atoms with van der Waals surface area (Å²) in [6.07, 6.45) is 5.92. The van der Waals surface area contributed by atoms with Crippen molar-refractivity contribution < 1.29 is 0 Å². The van der Waals surface area contributed by atoms with Crippen LogP contribution >= 0.6 is 0 Å². The molecule has 0 unspecified atom stereocenters. The summed E-state index contributed by atoms with van der Waals surface area (Å²) >= 11 is 0. The van der Waals surface area contributed by atoms with Crippen molar-refractivity contribution in [2.24, 2.45) is 0 Å². The van der Waals surface area contributed by atoms with Gasteiger partial charge in [0.05, 0.1) is 0 Å². The number of hydrogen-bond acceptors (Lipinski definition) is 0. The van der Waals surface area contributed by atoms with Gasteiger partial charge in [0.25, 0.3) is 0 Å². The standard InChI is InChI=1S/C11H10N/c1-2-4-10(5-3-1)8-11-6-7-12-9-11/h1-7,12H,8H2/q-1. The quantitative estimate of drug-likeness (QED) is 0.643. The van der Waals surface area contributed by atoms with Crippen LogP contribution in [0.25, 0.3) is 0 Å². The van der Waals surface area contributed by atoms with Gasteiger partial charge in [-0.1, -0.05) is 30.3 Å². The molecule has 0 amide bonds. The lowest BCUT2D eigenvalue weighted by molar-refractivity contribution is 1.19. The summed E-state index contributed by atoms with van der Waals surface area (Å²) < 4.78 is 0. The molecule has 0 saturated carbocycles. The number of benzene rings is 1. The van der Waals surface area contributed by atoms with Crippen LogP contribution in [0.3, 0.4) is 0 Å². The number of rotatable bonds is 2. The van der Waals surface area contributed by atoms with Gasteiger partial charge in [-0.15, -0.1) is 6.20 Å². The molecular formula is C11H10N-. The van der Waals surface area contributed by atoms with E-state index in [2.05, 4.69) is 35.4 Å². The van der Waals surface area contributed by atoms with Crippen molar-refractivity contribution in [1.29, 1.82) is 0 Å². The van der Waals surface area contributed by atoms with Crippen molar-refractivity contribution >= 4 is 0 Å². The minimum atomic E-state index is 0.963. The number of hydrogen-bond donors (Lipinski definition) is 1. The highest BCUT2D eigenvalue weighted by atomic mass is 14.6. The van der Waals surface area contributed by atoms with Gasteiger partial charge in [0, 0.05) is 0 Å². The average molecular weight is 156 g/mol. The third kappa shape index (κ3) is 1.56. The number of nitrogens with one attached hydrogen (secondary N) is 1. The maximum atomic E-state index is 3.06. The Morgan fingerprint density at radius 3 is 2.58 bits per heavy atom. The van der Waals surface area contributed by atoms with Crippen molar-refractivity contribution in [3.8, 4) is 0 Å². The van der Waals surface area contributed by atoms with E-state index in [0.717, 1.165) is 6.42 Å². The van der Waals surface area contributed by atoms with Gasteiger partial charge in [-0.3, -0.25) is 0 Å². The molecule has 0 aliphatic rings. The highest BCUT2D eigenvalue weighted by molar-refractivity contribution is 5.22. The summed E-state index contributed by atoms with van der Waals surface area (Å²) in [5.41, 5.74) is 2.54. The fourth-order valence-electron chi connectivity index (χ4n) is 1.24. The molecule has 0 atom stereocenters. The predicted octanol–water partition coefficient (Wildman–Crippen LogP) is 2.41. The SMILES string of the molecule is [c-]1[nH]ccc1Cc1ccccc1. The first-order chi connectivity index (χ1) is 5.95. The van der Waals surface area contributed by atoms with Crippen molar-refractivity contribution in [3.05, 3.63) is 59.9 Å². The molecule has 0 bridgehead atoms. The molecule has 2 aromatic rings. The van der Waals surface area contributed by atoms with E-state index in [1.807, 2.05) is 18.3 Å². The van der Waals surface area contributed by atoms with E-state index in [1.54, 1.807) is 0 Å². The Kier molecular flexibility index (Phi) is 1.95. The van der Waals surface area contributed by atoms with Crippen molar-refractivity contribution in [2.75, 3.05) is 0 Å². The lowest BCUT2D eigenvalue weighted by Crippen LogP contribution is -1.83. The van der Waals surface area contributed by atoms with Gasteiger partial charge in [0.1, 0.15) is 0 Å². The van der Waals surface area contributed by atoms with Gasteiger partial charge >= 0.3 is 0 Å². The van der Waals surface area contributed by atoms with Crippen molar-refractivity contribution in [2.45, 2.75) is 6.42 Å². The van der Waals surface area contributed by atoms with Gasteiger partial charge in [0.2, 0.25) is 0 Å². The normalized spacial score (nSPS) is 10.0. The smallest absolute Gasteiger partial charge is 0.0250 e. The molecule has 1 N–H and O–H groups in total. The summed E-state index contributed by atoms with van der Waals surface area (Å²) in [6.45, 7) is 0. The van der Waals surface area contributed by atoms with E-state index in [4.69, 9.17) is 0 Å². The molecule has 0 saturated heterocycles. The van der Waals surface area contributed by atoms with Crippen LogP contribution in [0, 0.1) is 6.20 Å². The minimum absolute atomic E-state index is 0.963. The zero-order valence-electron chi connectivity index (χ0n) is 6.75. The van der Waals surface area contributed by atoms with Crippen molar-refractivity contribution in [3.63, 3.8) is 0 Å². The molecule has 1 heteroatoms. The maximum Gasteiger partial charge on any atom is -0.0250 e. The maximum absolute atomic E-state index is 3.06. The van der Waals surface area contributed by atoms with Crippen LogP contribution in [0.15, 0.2) is 42.6 Å². The monoisotopic (exact) mass is 156 g/mol. The summed E-state index contributed by atoms with van der Waals surface area (Å²) in [7, 11) is 0. The fourth-order valence-corrected chi connectivity index (χ4v) is 1.24. The third-order valence-electron chi connectivity index (χ3n) is 1.84. The molecule has 1 nitrogen and oxygen atoms in total. The lowest BCUT2D eigenvalue weighted by atomic mass is 10.1. The van der Waals surface area contributed by atoms with Gasteiger partial charge in [-0.25, -0.2) is 0 Å². The zero-order chi connectivity index (χ0) is 8.23. The second-order valence-electron chi connectivity index (χ2n) is 2.79. The summed E-state index contributed by atoms with van der Waals surface area (Å²) in [5.74, 6) is 0. The van der Waals surface area contributed by atoms with Crippen LogP contribution in [-0.2, 0) is 6.42 Å². The number of H-pyrrole nitrogens is 1. The Hall–Kier alpha value is -1.50. The van der Waals surface area contributed by atoms with E-state index in [9.17, 15) is 0 Å². The first kappa shape index (κ1) is 7.17. The summed E-state index contributed by atoms with van der Waals surface area (Å²) in [4.78, 5) is 2.92. The topological polar surface area (TPSA) is 15.8 Å². The Balaban J connectivity index is 2.15. The molecule has 60 valence electrons. The molecule has 0 aliphatic carbocycles. The first-order valence-corrected chi connectivity index (χ1v) is 4.03. The number of aromatic nitrogens is 1. The first-order valence-electron chi connectivity index (χ1n) is 4.03. The molecule has 0 spiro atoms. The van der Waals surface area contributed by atoms with E-state index in [0.29, 0.717) is 0 Å². The van der Waals surface area contributed by atoms with Crippen LogP contribution in [0.5, 0.6) is 0 Å². The molecule has 12 heavy (non-hydrogen) atoms.